The summed E-state index contributed by atoms with van der Waals surface area (Å²) in [6, 6.07) is 17.3. The second kappa shape index (κ2) is 10.6. The van der Waals surface area contributed by atoms with E-state index in [9.17, 15) is 27.3 Å². The molecule has 9 heteroatoms. The van der Waals surface area contributed by atoms with Crippen molar-refractivity contribution in [1.82, 2.24) is 0 Å². The molecule has 0 saturated carbocycles. The number of hydrogen-bond donors (Lipinski definition) is 2. The standard InChI is InChI=1S/C27H24F3NO4S/c1-36(34)31-21-13-18(12-19(14-21)26(32)33)22-8-5-9-23(22)24-15-20(27(28,29)30)10-11-25(24)35-16-17-6-3-2-4-7-17/h2-4,6-7,10-15,31H,5,8-9,16H2,1H3,(H,32,33). The zero-order valence-electron chi connectivity index (χ0n) is 19.4. The molecule has 0 aromatic heterocycles. The molecule has 5 nitrogen and oxygen atoms in total. The minimum Gasteiger partial charge on any atom is -0.488 e. The lowest BCUT2D eigenvalue weighted by atomic mass is 9.94. The third-order valence-electron chi connectivity index (χ3n) is 5.88. The van der Waals surface area contributed by atoms with E-state index in [0.717, 1.165) is 23.3 Å². The van der Waals surface area contributed by atoms with E-state index in [1.54, 1.807) is 6.07 Å². The van der Waals surface area contributed by atoms with Crippen LogP contribution in [0.25, 0.3) is 11.1 Å². The molecular weight excluding hydrogens is 491 g/mol. The Bertz CT molecular complexity index is 1340. The molecule has 0 bridgehead atoms. The third kappa shape index (κ3) is 5.96. The van der Waals surface area contributed by atoms with Gasteiger partial charge in [0.2, 0.25) is 0 Å². The van der Waals surface area contributed by atoms with Crippen LogP contribution in [0.3, 0.4) is 0 Å². The maximum absolute atomic E-state index is 13.6. The fourth-order valence-corrected chi connectivity index (χ4v) is 4.76. The van der Waals surface area contributed by atoms with E-state index in [-0.39, 0.29) is 12.2 Å². The SMILES string of the molecule is CS(=O)Nc1cc(C(=O)O)cc(C2=C(c3cc(C(F)(F)F)ccc3OCc3ccccc3)CCC2)c1. The predicted molar refractivity (Wildman–Crippen MR) is 134 cm³/mol. The van der Waals surface area contributed by atoms with Gasteiger partial charge in [-0.15, -0.1) is 0 Å². The molecule has 0 heterocycles. The first kappa shape index (κ1) is 25.5. The number of ether oxygens (including phenoxy) is 1. The topological polar surface area (TPSA) is 75.6 Å². The smallest absolute Gasteiger partial charge is 0.416 e. The fraction of sp³-hybridized carbons (Fsp3) is 0.222. The van der Waals surface area contributed by atoms with Crippen LogP contribution in [0.5, 0.6) is 5.75 Å². The van der Waals surface area contributed by atoms with Crippen LogP contribution in [0.1, 0.15) is 51.9 Å². The van der Waals surface area contributed by atoms with Crippen molar-refractivity contribution < 1.29 is 32.0 Å². The van der Waals surface area contributed by atoms with E-state index in [1.807, 2.05) is 30.3 Å². The molecule has 36 heavy (non-hydrogen) atoms. The molecule has 188 valence electrons. The van der Waals surface area contributed by atoms with Gasteiger partial charge in [-0.25, -0.2) is 9.00 Å². The molecule has 1 aliphatic carbocycles. The van der Waals surface area contributed by atoms with E-state index < -0.39 is 28.7 Å². The summed E-state index contributed by atoms with van der Waals surface area (Å²) in [5, 5.41) is 9.58. The van der Waals surface area contributed by atoms with Crippen molar-refractivity contribution in [2.45, 2.75) is 32.0 Å². The number of anilines is 1. The van der Waals surface area contributed by atoms with E-state index in [2.05, 4.69) is 4.72 Å². The first-order valence-corrected chi connectivity index (χ1v) is 12.8. The number of rotatable bonds is 8. The monoisotopic (exact) mass is 515 g/mol. The van der Waals surface area contributed by atoms with Crippen LogP contribution in [0.4, 0.5) is 18.9 Å². The molecule has 3 aromatic carbocycles. The van der Waals surface area contributed by atoms with Crippen LogP contribution in [0, 0.1) is 0 Å². The fourth-order valence-electron chi connectivity index (χ4n) is 4.31. The molecule has 0 radical (unpaired) electrons. The van der Waals surface area contributed by atoms with Crippen molar-refractivity contribution in [3.8, 4) is 5.75 Å². The van der Waals surface area contributed by atoms with E-state index in [1.165, 1.54) is 24.5 Å². The van der Waals surface area contributed by atoms with Crippen LogP contribution in [0.2, 0.25) is 0 Å². The Kier molecular flexibility index (Phi) is 7.49. The first-order chi connectivity index (χ1) is 17.1. The first-order valence-electron chi connectivity index (χ1n) is 11.2. The number of carboxylic acid groups (broad SMARTS) is 1. The lowest BCUT2D eigenvalue weighted by Gasteiger charge is -2.18. The molecule has 0 spiro atoms. The minimum atomic E-state index is -4.53. The molecule has 0 amide bonds. The van der Waals surface area contributed by atoms with Gasteiger partial charge in [-0.2, -0.15) is 13.2 Å². The Morgan fingerprint density at radius 1 is 1.03 bits per heavy atom. The second-order valence-corrected chi connectivity index (χ2v) is 9.57. The number of carboxylic acids is 1. The summed E-state index contributed by atoms with van der Waals surface area (Å²) in [4.78, 5) is 11.7. The minimum absolute atomic E-state index is 0.0104. The van der Waals surface area contributed by atoms with E-state index in [4.69, 9.17) is 4.74 Å². The molecule has 0 aliphatic heterocycles. The van der Waals surface area contributed by atoms with Crippen LogP contribution in [-0.2, 0) is 23.8 Å². The lowest BCUT2D eigenvalue weighted by Crippen LogP contribution is -2.07. The average molecular weight is 516 g/mol. The van der Waals surface area contributed by atoms with Gasteiger partial charge in [-0.1, -0.05) is 30.3 Å². The normalized spacial score (nSPS) is 14.6. The number of hydrogen-bond acceptors (Lipinski definition) is 3. The quantitative estimate of drug-likeness (QED) is 0.347. The predicted octanol–water partition coefficient (Wildman–Crippen LogP) is 6.78. The molecule has 1 atom stereocenters. The summed E-state index contributed by atoms with van der Waals surface area (Å²) >= 11 is 0. The number of aromatic carboxylic acids is 1. The number of alkyl halides is 3. The van der Waals surface area contributed by atoms with Gasteiger partial charge in [-0.05, 0) is 77.9 Å². The van der Waals surface area contributed by atoms with E-state index >= 15 is 0 Å². The maximum Gasteiger partial charge on any atom is 0.416 e. The van der Waals surface area contributed by atoms with Crippen molar-refractivity contribution in [2.24, 2.45) is 0 Å². The van der Waals surface area contributed by atoms with Gasteiger partial charge >= 0.3 is 12.1 Å². The summed E-state index contributed by atoms with van der Waals surface area (Å²) < 4.78 is 61.2. The van der Waals surface area contributed by atoms with Gasteiger partial charge in [0.05, 0.1) is 11.1 Å². The molecule has 4 rings (SSSR count). The Labute approximate surface area is 209 Å². The second-order valence-electron chi connectivity index (χ2n) is 8.45. The number of carbonyl (C=O) groups is 1. The van der Waals surface area contributed by atoms with E-state index in [0.29, 0.717) is 47.4 Å². The van der Waals surface area contributed by atoms with Gasteiger partial charge in [0, 0.05) is 17.5 Å². The zero-order chi connectivity index (χ0) is 25.9. The number of benzene rings is 3. The Hall–Kier alpha value is -3.59. The third-order valence-corrected chi connectivity index (χ3v) is 6.40. The Morgan fingerprint density at radius 3 is 2.42 bits per heavy atom. The lowest BCUT2D eigenvalue weighted by molar-refractivity contribution is -0.137. The van der Waals surface area contributed by atoms with Gasteiger partial charge in [-0.3, -0.25) is 0 Å². The molecule has 0 saturated heterocycles. The molecule has 3 aromatic rings. The van der Waals surface area contributed by atoms with Gasteiger partial charge in [0.15, 0.2) is 0 Å². The van der Waals surface area contributed by atoms with Crippen molar-refractivity contribution in [3.05, 3.63) is 94.5 Å². The summed E-state index contributed by atoms with van der Waals surface area (Å²) in [5.41, 5.74) is 2.75. The number of nitrogens with one attached hydrogen (secondary N) is 1. The molecule has 2 N–H and O–H groups in total. The Balaban J connectivity index is 1.83. The Morgan fingerprint density at radius 2 is 1.75 bits per heavy atom. The zero-order valence-corrected chi connectivity index (χ0v) is 20.2. The largest absolute Gasteiger partial charge is 0.488 e. The van der Waals surface area contributed by atoms with Crippen LogP contribution in [0.15, 0.2) is 66.7 Å². The number of halogens is 3. The van der Waals surface area contributed by atoms with Gasteiger partial charge in [0.25, 0.3) is 0 Å². The van der Waals surface area contributed by atoms with Gasteiger partial charge in [0.1, 0.15) is 23.3 Å². The van der Waals surface area contributed by atoms with Crippen LogP contribution >= 0.6 is 0 Å². The molecule has 0 fully saturated rings. The van der Waals surface area contributed by atoms with Gasteiger partial charge < -0.3 is 14.6 Å². The van der Waals surface area contributed by atoms with Crippen molar-refractivity contribution >= 4 is 33.8 Å². The summed E-state index contributed by atoms with van der Waals surface area (Å²) in [5.74, 6) is -0.837. The summed E-state index contributed by atoms with van der Waals surface area (Å²) in [6.45, 7) is 0.187. The van der Waals surface area contributed by atoms with Crippen LogP contribution in [-0.4, -0.2) is 21.5 Å². The highest BCUT2D eigenvalue weighted by Gasteiger charge is 2.32. The molecule has 1 aliphatic rings. The molecule has 1 unspecified atom stereocenters. The van der Waals surface area contributed by atoms with Crippen molar-refractivity contribution in [2.75, 3.05) is 11.0 Å². The summed E-state index contributed by atoms with van der Waals surface area (Å²) in [7, 11) is -1.43. The highest BCUT2D eigenvalue weighted by Crippen LogP contribution is 2.45. The molecular formula is C27H24F3NO4S. The summed E-state index contributed by atoms with van der Waals surface area (Å²) in [6.07, 6.45) is -1.34. The van der Waals surface area contributed by atoms with Crippen molar-refractivity contribution in [3.63, 3.8) is 0 Å². The average Bonchev–Trinajstić information content (AvgIpc) is 3.32. The highest BCUT2D eigenvalue weighted by molar-refractivity contribution is 7.85. The maximum atomic E-state index is 13.6. The number of allylic oxidation sites excluding steroid dienone is 2. The van der Waals surface area contributed by atoms with Crippen LogP contribution < -0.4 is 9.46 Å². The van der Waals surface area contributed by atoms with Crippen molar-refractivity contribution in [1.29, 1.82) is 0 Å². The highest BCUT2D eigenvalue weighted by atomic mass is 32.2.